The zero-order valence-corrected chi connectivity index (χ0v) is 24.9. The second kappa shape index (κ2) is 10.5. The molecule has 6 aromatic carbocycles. The molecule has 0 amide bonds. The Morgan fingerprint density at radius 3 is 0.929 bits per heavy atom. The molecule has 2 heteroatoms. The van der Waals surface area contributed by atoms with Gasteiger partial charge in [-0.1, -0.05) is 70.8 Å². The van der Waals surface area contributed by atoms with E-state index in [1.54, 1.807) is 0 Å². The van der Waals surface area contributed by atoms with Crippen molar-refractivity contribution in [1.29, 1.82) is 0 Å². The Bertz CT molecular complexity index is 1650. The summed E-state index contributed by atoms with van der Waals surface area (Å²) in [6.07, 6.45) is 2.13. The molecule has 1 aliphatic carbocycles. The van der Waals surface area contributed by atoms with Crippen LogP contribution in [0.2, 0.25) is 0 Å². The quantitative estimate of drug-likeness (QED) is 0.206. The first kappa shape index (κ1) is 26.1. The van der Waals surface area contributed by atoms with Crippen molar-refractivity contribution in [3.05, 3.63) is 155 Å². The lowest BCUT2D eigenvalue weighted by Crippen LogP contribution is -2.11. The van der Waals surface area contributed by atoms with Gasteiger partial charge in [0.05, 0.1) is 0 Å². The second-order valence-electron chi connectivity index (χ2n) is 11.8. The minimum absolute atomic E-state index is 1.06. The van der Waals surface area contributed by atoms with E-state index in [1.807, 2.05) is 0 Å². The molecular formula is C40H36N2. The smallest absolute Gasteiger partial charge is 0.0470 e. The highest BCUT2D eigenvalue weighted by Gasteiger charge is 2.22. The van der Waals surface area contributed by atoms with E-state index in [4.69, 9.17) is 0 Å². The standard InChI is InChI=1S/C40H36N2/c1-27-5-15-34(16-6-27)41(35-17-7-28(2)8-18-35)38-23-31-13-14-32-24-39(26-33(25-38)40(31)32)42(36-19-9-29(3)10-20-36)37-21-11-30(4)12-22-37/h5-12,15-26H,13-14H2,1-4H3. The minimum atomic E-state index is 1.06. The lowest BCUT2D eigenvalue weighted by molar-refractivity contribution is 1.02. The third-order valence-electron chi connectivity index (χ3n) is 8.53. The molecule has 0 atom stereocenters. The van der Waals surface area contributed by atoms with Crippen molar-refractivity contribution in [2.45, 2.75) is 40.5 Å². The van der Waals surface area contributed by atoms with E-state index < -0.39 is 0 Å². The van der Waals surface area contributed by atoms with Crippen molar-refractivity contribution in [1.82, 2.24) is 0 Å². The molecule has 0 aliphatic heterocycles. The van der Waals surface area contributed by atoms with Crippen LogP contribution in [-0.2, 0) is 12.8 Å². The van der Waals surface area contributed by atoms with Crippen molar-refractivity contribution in [2.75, 3.05) is 9.80 Å². The van der Waals surface area contributed by atoms with Crippen LogP contribution in [0.3, 0.4) is 0 Å². The zero-order valence-electron chi connectivity index (χ0n) is 24.9. The summed E-state index contributed by atoms with van der Waals surface area (Å²) in [7, 11) is 0. The number of rotatable bonds is 6. The van der Waals surface area contributed by atoms with Crippen LogP contribution in [0, 0.1) is 27.7 Å². The fraction of sp³-hybridized carbons (Fsp3) is 0.150. The topological polar surface area (TPSA) is 6.48 Å². The van der Waals surface area contributed by atoms with Gasteiger partial charge in [0.25, 0.3) is 0 Å². The number of hydrogen-bond donors (Lipinski definition) is 0. The van der Waals surface area contributed by atoms with Gasteiger partial charge in [-0.15, -0.1) is 0 Å². The highest BCUT2D eigenvalue weighted by atomic mass is 15.1. The Morgan fingerprint density at radius 1 is 0.357 bits per heavy atom. The zero-order chi connectivity index (χ0) is 28.8. The maximum Gasteiger partial charge on any atom is 0.0470 e. The number of nitrogens with zero attached hydrogens (tertiary/aromatic N) is 2. The molecule has 42 heavy (non-hydrogen) atoms. The van der Waals surface area contributed by atoms with Gasteiger partial charge >= 0.3 is 0 Å². The van der Waals surface area contributed by atoms with Crippen molar-refractivity contribution >= 4 is 44.9 Å². The van der Waals surface area contributed by atoms with E-state index in [-0.39, 0.29) is 0 Å². The minimum Gasteiger partial charge on any atom is -0.310 e. The Hall–Kier alpha value is -4.82. The monoisotopic (exact) mass is 544 g/mol. The van der Waals surface area contributed by atoms with Gasteiger partial charge in [-0.05, 0) is 135 Å². The molecule has 1 aliphatic rings. The van der Waals surface area contributed by atoms with Gasteiger partial charge in [-0.25, -0.2) is 0 Å². The van der Waals surface area contributed by atoms with Crippen molar-refractivity contribution < 1.29 is 0 Å². The molecule has 0 spiro atoms. The summed E-state index contributed by atoms with van der Waals surface area (Å²) in [5.41, 5.74) is 15.0. The Kier molecular flexibility index (Phi) is 6.55. The maximum atomic E-state index is 2.41. The van der Waals surface area contributed by atoms with Gasteiger partial charge in [0.1, 0.15) is 0 Å². The molecule has 0 saturated heterocycles. The van der Waals surface area contributed by atoms with Crippen LogP contribution in [0.1, 0.15) is 33.4 Å². The molecule has 0 unspecified atom stereocenters. The van der Waals surface area contributed by atoms with E-state index in [0.29, 0.717) is 0 Å². The average molecular weight is 545 g/mol. The number of benzene rings is 6. The first-order chi connectivity index (χ1) is 20.4. The molecule has 206 valence electrons. The van der Waals surface area contributed by atoms with Crippen LogP contribution in [0.5, 0.6) is 0 Å². The third kappa shape index (κ3) is 4.84. The normalized spacial score (nSPS) is 12.1. The van der Waals surface area contributed by atoms with Gasteiger partial charge in [-0.2, -0.15) is 0 Å². The number of hydrogen-bond acceptors (Lipinski definition) is 2. The van der Waals surface area contributed by atoms with Crippen LogP contribution < -0.4 is 9.80 Å². The molecule has 0 N–H and O–H groups in total. The van der Waals surface area contributed by atoms with Crippen LogP contribution in [-0.4, -0.2) is 0 Å². The summed E-state index contributed by atoms with van der Waals surface area (Å²) in [6.45, 7) is 8.59. The highest BCUT2D eigenvalue weighted by molar-refractivity contribution is 5.99. The Labute approximate surface area is 249 Å². The highest BCUT2D eigenvalue weighted by Crippen LogP contribution is 2.44. The lowest BCUT2D eigenvalue weighted by atomic mass is 10.0. The van der Waals surface area contributed by atoms with Gasteiger partial charge in [0, 0.05) is 34.1 Å². The predicted octanol–water partition coefficient (Wildman–Crippen LogP) is 11.1. The van der Waals surface area contributed by atoms with Crippen LogP contribution in [0.4, 0.5) is 34.1 Å². The maximum absolute atomic E-state index is 2.41. The van der Waals surface area contributed by atoms with Crippen LogP contribution >= 0.6 is 0 Å². The predicted molar refractivity (Wildman–Crippen MR) is 180 cm³/mol. The third-order valence-corrected chi connectivity index (χ3v) is 8.53. The summed E-state index contributed by atoms with van der Waals surface area (Å²) in [4.78, 5) is 4.80. The van der Waals surface area contributed by atoms with Gasteiger partial charge in [-0.3, -0.25) is 0 Å². The van der Waals surface area contributed by atoms with Crippen molar-refractivity contribution in [3.8, 4) is 0 Å². The second-order valence-corrected chi connectivity index (χ2v) is 11.8. The summed E-state index contributed by atoms with van der Waals surface area (Å²) >= 11 is 0. The van der Waals surface area contributed by atoms with E-state index in [0.717, 1.165) is 12.8 Å². The van der Waals surface area contributed by atoms with Crippen LogP contribution in [0.25, 0.3) is 10.8 Å². The molecule has 7 rings (SSSR count). The van der Waals surface area contributed by atoms with Gasteiger partial charge < -0.3 is 9.80 Å². The van der Waals surface area contributed by atoms with Crippen molar-refractivity contribution in [3.63, 3.8) is 0 Å². The van der Waals surface area contributed by atoms with E-state index in [9.17, 15) is 0 Å². The largest absolute Gasteiger partial charge is 0.310 e. The first-order valence-electron chi connectivity index (χ1n) is 14.9. The van der Waals surface area contributed by atoms with Gasteiger partial charge in [0.2, 0.25) is 0 Å². The van der Waals surface area contributed by atoms with E-state index in [2.05, 4.69) is 159 Å². The molecule has 0 fully saturated rings. The van der Waals surface area contributed by atoms with E-state index in [1.165, 1.54) is 78.3 Å². The molecule has 0 heterocycles. The fourth-order valence-corrected chi connectivity index (χ4v) is 6.26. The molecule has 0 bridgehead atoms. The molecule has 0 radical (unpaired) electrons. The summed E-state index contributed by atoms with van der Waals surface area (Å²) in [5, 5.41) is 2.71. The van der Waals surface area contributed by atoms with Crippen LogP contribution in [0.15, 0.2) is 121 Å². The summed E-state index contributed by atoms with van der Waals surface area (Å²) in [6, 6.07) is 45.1. The molecular weight excluding hydrogens is 508 g/mol. The first-order valence-corrected chi connectivity index (χ1v) is 14.9. The molecule has 0 saturated carbocycles. The molecule has 0 aromatic heterocycles. The number of aryl methyl sites for hydroxylation is 6. The van der Waals surface area contributed by atoms with Crippen molar-refractivity contribution in [2.24, 2.45) is 0 Å². The van der Waals surface area contributed by atoms with E-state index >= 15 is 0 Å². The summed E-state index contributed by atoms with van der Waals surface area (Å²) in [5.74, 6) is 0. The van der Waals surface area contributed by atoms with Gasteiger partial charge in [0.15, 0.2) is 0 Å². The Morgan fingerprint density at radius 2 is 0.643 bits per heavy atom. The summed E-state index contributed by atoms with van der Waals surface area (Å²) < 4.78 is 0. The fourth-order valence-electron chi connectivity index (χ4n) is 6.26. The lowest BCUT2D eigenvalue weighted by Gasteiger charge is -2.28. The Balaban J connectivity index is 1.42. The average Bonchev–Trinajstić information content (AvgIpc) is 3.41. The SMILES string of the molecule is Cc1ccc(N(c2ccc(C)cc2)c2cc3c4c(cc(N(c5ccc(C)cc5)c5ccc(C)cc5)cc4c2)CC3)cc1. The molecule has 2 nitrogen and oxygen atoms in total. The molecule has 6 aromatic rings. The number of anilines is 6.